The summed E-state index contributed by atoms with van der Waals surface area (Å²) in [5.74, 6) is -0.771. The Balaban J connectivity index is 1.58. The molecule has 0 aliphatic carbocycles. The molecule has 6 nitrogen and oxygen atoms in total. The number of hydrogen-bond acceptors (Lipinski definition) is 3. The molecule has 152 valence electrons. The number of rotatable bonds is 6. The van der Waals surface area contributed by atoms with Gasteiger partial charge >= 0.3 is 0 Å². The molecular formula is C22H24ClN3O3. The number of anilines is 2. The van der Waals surface area contributed by atoms with E-state index in [0.717, 1.165) is 5.56 Å². The Morgan fingerprint density at radius 2 is 1.90 bits per heavy atom. The van der Waals surface area contributed by atoms with Crippen molar-refractivity contribution in [3.8, 4) is 0 Å². The fraction of sp³-hybridized carbons (Fsp3) is 0.318. The number of carbonyl (C=O) groups is 3. The Labute approximate surface area is 175 Å². The van der Waals surface area contributed by atoms with E-state index in [1.807, 2.05) is 26.0 Å². The molecule has 1 atom stereocenters. The summed E-state index contributed by atoms with van der Waals surface area (Å²) in [6.07, 6.45) is 0.448. The molecule has 1 saturated heterocycles. The second-order valence-corrected chi connectivity index (χ2v) is 7.91. The number of halogens is 1. The highest BCUT2D eigenvalue weighted by Crippen LogP contribution is 2.28. The molecule has 3 amide bonds. The Kier molecular flexibility index (Phi) is 6.54. The molecule has 1 fully saturated rings. The minimum Gasteiger partial charge on any atom is -0.354 e. The Bertz CT molecular complexity index is 912. The van der Waals surface area contributed by atoms with E-state index in [0.29, 0.717) is 22.9 Å². The predicted molar refractivity (Wildman–Crippen MR) is 114 cm³/mol. The van der Waals surface area contributed by atoms with Gasteiger partial charge in [-0.05, 0) is 49.7 Å². The van der Waals surface area contributed by atoms with E-state index in [4.69, 9.17) is 11.6 Å². The first-order chi connectivity index (χ1) is 13.8. The number of benzene rings is 2. The lowest BCUT2D eigenvalue weighted by molar-refractivity contribution is -0.122. The normalized spacial score (nSPS) is 16.2. The number of nitrogens with zero attached hydrogens (tertiary/aromatic N) is 1. The van der Waals surface area contributed by atoms with E-state index in [-0.39, 0.29) is 36.6 Å². The summed E-state index contributed by atoms with van der Waals surface area (Å²) in [7, 11) is 0. The van der Waals surface area contributed by atoms with Crippen LogP contribution in [0.15, 0.2) is 48.5 Å². The molecular weight excluding hydrogens is 390 g/mol. The van der Waals surface area contributed by atoms with Gasteiger partial charge in [0.15, 0.2) is 0 Å². The summed E-state index contributed by atoms with van der Waals surface area (Å²) >= 11 is 6.00. The number of nitrogens with one attached hydrogen (secondary N) is 2. The first kappa shape index (κ1) is 20.9. The molecule has 7 heteroatoms. The van der Waals surface area contributed by atoms with E-state index in [9.17, 15) is 14.4 Å². The number of carbonyl (C=O) groups excluding carboxylic acids is 3. The molecule has 0 spiro atoms. The van der Waals surface area contributed by atoms with E-state index in [1.165, 1.54) is 0 Å². The summed E-state index contributed by atoms with van der Waals surface area (Å²) in [5.41, 5.74) is 2.20. The van der Waals surface area contributed by atoms with Gasteiger partial charge in [-0.2, -0.15) is 0 Å². The van der Waals surface area contributed by atoms with Gasteiger partial charge in [0.2, 0.25) is 17.7 Å². The van der Waals surface area contributed by atoms with Crippen molar-refractivity contribution in [3.05, 3.63) is 59.1 Å². The summed E-state index contributed by atoms with van der Waals surface area (Å²) in [4.78, 5) is 38.4. The largest absolute Gasteiger partial charge is 0.354 e. The van der Waals surface area contributed by atoms with Crippen LogP contribution >= 0.6 is 11.6 Å². The number of amides is 3. The van der Waals surface area contributed by atoms with Crippen molar-refractivity contribution in [2.75, 3.05) is 16.8 Å². The van der Waals surface area contributed by atoms with Gasteiger partial charge in [-0.1, -0.05) is 29.8 Å². The van der Waals surface area contributed by atoms with Crippen LogP contribution in [0, 0.1) is 5.92 Å². The molecule has 29 heavy (non-hydrogen) atoms. The van der Waals surface area contributed by atoms with Gasteiger partial charge < -0.3 is 15.5 Å². The zero-order valence-corrected chi connectivity index (χ0v) is 17.2. The maximum Gasteiger partial charge on any atom is 0.229 e. The van der Waals surface area contributed by atoms with Crippen LogP contribution in [0.25, 0.3) is 0 Å². The molecule has 0 aromatic heterocycles. The SMILES string of the molecule is CC(C)NC(=O)Cc1ccc(NC(=O)C2CC(=O)N(c3cccc(Cl)c3)C2)cc1. The van der Waals surface area contributed by atoms with E-state index < -0.39 is 5.92 Å². The van der Waals surface area contributed by atoms with Crippen LogP contribution in [-0.4, -0.2) is 30.3 Å². The van der Waals surface area contributed by atoms with Crippen molar-refractivity contribution in [2.45, 2.75) is 32.7 Å². The third-order valence-corrected chi connectivity index (χ3v) is 4.89. The van der Waals surface area contributed by atoms with Gasteiger partial charge in [0, 0.05) is 35.4 Å². The second kappa shape index (κ2) is 9.09. The smallest absolute Gasteiger partial charge is 0.229 e. The van der Waals surface area contributed by atoms with E-state index in [2.05, 4.69) is 10.6 Å². The average molecular weight is 414 g/mol. The molecule has 0 bridgehead atoms. The molecule has 2 N–H and O–H groups in total. The molecule has 2 aromatic carbocycles. The second-order valence-electron chi connectivity index (χ2n) is 7.47. The lowest BCUT2D eigenvalue weighted by Gasteiger charge is -2.17. The third kappa shape index (κ3) is 5.57. The first-order valence-corrected chi connectivity index (χ1v) is 9.94. The van der Waals surface area contributed by atoms with Crippen molar-refractivity contribution >= 4 is 40.7 Å². The standard InChI is InChI=1S/C22H24ClN3O3/c1-14(2)24-20(27)10-15-6-8-18(9-7-15)25-22(29)16-11-21(28)26(13-16)19-5-3-4-17(23)12-19/h3-9,12,14,16H,10-11,13H2,1-2H3,(H,24,27)(H,25,29). The van der Waals surface area contributed by atoms with Crippen LogP contribution in [-0.2, 0) is 20.8 Å². The zero-order chi connectivity index (χ0) is 21.0. The van der Waals surface area contributed by atoms with E-state index in [1.54, 1.807) is 41.3 Å². The molecule has 1 aliphatic heterocycles. The van der Waals surface area contributed by atoms with Gasteiger partial charge in [-0.25, -0.2) is 0 Å². The maximum atomic E-state index is 12.6. The molecule has 1 aliphatic rings. The molecule has 1 unspecified atom stereocenters. The lowest BCUT2D eigenvalue weighted by Crippen LogP contribution is -2.31. The Hall–Kier alpha value is -2.86. The van der Waals surface area contributed by atoms with Crippen molar-refractivity contribution in [1.82, 2.24) is 5.32 Å². The van der Waals surface area contributed by atoms with Crippen molar-refractivity contribution < 1.29 is 14.4 Å². The summed E-state index contributed by atoms with van der Waals surface area (Å²) in [6, 6.07) is 14.3. The summed E-state index contributed by atoms with van der Waals surface area (Å²) in [6.45, 7) is 4.15. The minimum atomic E-state index is -0.432. The van der Waals surface area contributed by atoms with Crippen LogP contribution in [0.4, 0.5) is 11.4 Å². The molecule has 2 aromatic rings. The minimum absolute atomic E-state index is 0.0395. The van der Waals surface area contributed by atoms with Crippen LogP contribution in [0.3, 0.4) is 0 Å². The maximum absolute atomic E-state index is 12.6. The van der Waals surface area contributed by atoms with E-state index >= 15 is 0 Å². The van der Waals surface area contributed by atoms with Crippen LogP contribution in [0.1, 0.15) is 25.8 Å². The van der Waals surface area contributed by atoms with Gasteiger partial charge in [0.1, 0.15) is 0 Å². The van der Waals surface area contributed by atoms with Crippen LogP contribution < -0.4 is 15.5 Å². The van der Waals surface area contributed by atoms with Crippen LogP contribution in [0.2, 0.25) is 5.02 Å². The van der Waals surface area contributed by atoms with Gasteiger partial charge in [-0.15, -0.1) is 0 Å². The van der Waals surface area contributed by atoms with Crippen molar-refractivity contribution in [3.63, 3.8) is 0 Å². The van der Waals surface area contributed by atoms with Crippen molar-refractivity contribution in [1.29, 1.82) is 0 Å². The Morgan fingerprint density at radius 3 is 2.55 bits per heavy atom. The molecule has 0 saturated carbocycles. The highest BCUT2D eigenvalue weighted by molar-refractivity contribution is 6.31. The van der Waals surface area contributed by atoms with Gasteiger partial charge in [-0.3, -0.25) is 14.4 Å². The van der Waals surface area contributed by atoms with Gasteiger partial charge in [0.05, 0.1) is 12.3 Å². The third-order valence-electron chi connectivity index (χ3n) is 4.65. The zero-order valence-electron chi connectivity index (χ0n) is 16.4. The Morgan fingerprint density at radius 1 is 1.17 bits per heavy atom. The topological polar surface area (TPSA) is 78.5 Å². The fourth-order valence-electron chi connectivity index (χ4n) is 3.29. The highest BCUT2D eigenvalue weighted by atomic mass is 35.5. The predicted octanol–water partition coefficient (Wildman–Crippen LogP) is 3.40. The lowest BCUT2D eigenvalue weighted by atomic mass is 10.1. The van der Waals surface area contributed by atoms with Crippen LogP contribution in [0.5, 0.6) is 0 Å². The molecule has 1 heterocycles. The first-order valence-electron chi connectivity index (χ1n) is 9.57. The summed E-state index contributed by atoms with van der Waals surface area (Å²) in [5, 5.41) is 6.25. The highest BCUT2D eigenvalue weighted by Gasteiger charge is 2.35. The number of hydrogen-bond donors (Lipinski definition) is 2. The quantitative estimate of drug-likeness (QED) is 0.761. The monoisotopic (exact) mass is 413 g/mol. The van der Waals surface area contributed by atoms with Gasteiger partial charge in [0.25, 0.3) is 0 Å². The molecule has 0 radical (unpaired) electrons. The fourth-order valence-corrected chi connectivity index (χ4v) is 3.47. The summed E-state index contributed by atoms with van der Waals surface area (Å²) < 4.78 is 0. The molecule has 3 rings (SSSR count). The van der Waals surface area contributed by atoms with Crippen molar-refractivity contribution in [2.24, 2.45) is 5.92 Å². The average Bonchev–Trinajstić information content (AvgIpc) is 3.04.